The predicted octanol–water partition coefficient (Wildman–Crippen LogP) is 3.63. The van der Waals surface area contributed by atoms with Crippen LogP contribution in [0.5, 0.6) is 0 Å². The van der Waals surface area contributed by atoms with Gasteiger partial charge in [0.15, 0.2) is 0 Å². The molecule has 0 aliphatic heterocycles. The fourth-order valence-corrected chi connectivity index (χ4v) is 5.90. The first-order valence-electron chi connectivity index (χ1n) is 11.9. The van der Waals surface area contributed by atoms with Crippen LogP contribution in [0.2, 0.25) is 0 Å². The third-order valence-electron chi connectivity index (χ3n) is 6.02. The Bertz CT molecular complexity index is 1590. The maximum absolute atomic E-state index is 15.7. The molecule has 4 aromatic rings. The van der Waals surface area contributed by atoms with Gasteiger partial charge < -0.3 is 0 Å². The molecule has 0 bridgehead atoms. The Morgan fingerprint density at radius 1 is 1.00 bits per heavy atom. The third kappa shape index (κ3) is 5.92. The topological polar surface area (TPSA) is 107 Å². The van der Waals surface area contributed by atoms with Crippen LogP contribution in [0.1, 0.15) is 47.1 Å². The SMILES string of the molecule is Cn1cc(-c2cccc([AsH]C(=O)c3ccc(C(C)(C)C)cc3)c2F)nc(Nc2cccc(C(N)=O)c2)c1=O. The van der Waals surface area contributed by atoms with Crippen molar-refractivity contribution in [2.75, 3.05) is 5.32 Å². The van der Waals surface area contributed by atoms with E-state index < -0.39 is 33.0 Å². The van der Waals surface area contributed by atoms with Crippen LogP contribution in [-0.4, -0.2) is 35.8 Å². The van der Waals surface area contributed by atoms with Gasteiger partial charge in [0.2, 0.25) is 0 Å². The number of benzene rings is 3. The van der Waals surface area contributed by atoms with Gasteiger partial charge in [-0.1, -0.05) is 0 Å². The fraction of sp³-hybridized carbons (Fsp3) is 0.172. The number of amides is 1. The number of halogens is 1. The molecule has 1 amide bonds. The molecule has 3 N–H and O–H groups in total. The summed E-state index contributed by atoms with van der Waals surface area (Å²) in [5, 5.41) is 2.90. The maximum atomic E-state index is 15.7. The van der Waals surface area contributed by atoms with E-state index >= 15 is 4.39 Å². The van der Waals surface area contributed by atoms with Gasteiger partial charge in [0.05, 0.1) is 0 Å². The van der Waals surface area contributed by atoms with Crippen LogP contribution in [0.3, 0.4) is 0 Å². The van der Waals surface area contributed by atoms with E-state index in [0.29, 0.717) is 15.6 Å². The number of nitrogens with one attached hydrogen (secondary N) is 1. The average molecular weight is 574 g/mol. The van der Waals surface area contributed by atoms with Gasteiger partial charge in [-0.3, -0.25) is 0 Å². The standard InChI is InChI=1S/C29H28AsFN4O3/c1-29(2,3)19-13-11-17(12-14-19)25(36)30-22-10-6-9-21(24(22)31)23-16-35(4)28(38)27(34-23)33-20-8-5-7-18(15-20)26(32)37/h5-16,30H,1-4H3,(H2,32,37)(H,33,34). The number of rotatable bonds is 7. The molecule has 1 atom stereocenters. The molecule has 3 aromatic carbocycles. The number of nitrogens with two attached hydrogens (primary N) is 1. The van der Waals surface area contributed by atoms with E-state index in [2.05, 4.69) is 31.1 Å². The molecule has 0 spiro atoms. The number of anilines is 2. The molecule has 0 radical (unpaired) electrons. The molecule has 0 aliphatic rings. The minimum absolute atomic E-state index is 0.0283. The van der Waals surface area contributed by atoms with E-state index in [1.807, 2.05) is 12.1 Å². The molecule has 1 unspecified atom stereocenters. The second-order valence-electron chi connectivity index (χ2n) is 9.91. The zero-order valence-corrected chi connectivity index (χ0v) is 23.6. The van der Waals surface area contributed by atoms with Crippen molar-refractivity contribution < 1.29 is 14.0 Å². The summed E-state index contributed by atoms with van der Waals surface area (Å²) in [5.74, 6) is -1.17. The van der Waals surface area contributed by atoms with Crippen molar-refractivity contribution in [2.24, 2.45) is 12.8 Å². The van der Waals surface area contributed by atoms with Gasteiger partial charge in [0.1, 0.15) is 0 Å². The Morgan fingerprint density at radius 3 is 2.34 bits per heavy atom. The van der Waals surface area contributed by atoms with Gasteiger partial charge in [-0.25, -0.2) is 0 Å². The summed E-state index contributed by atoms with van der Waals surface area (Å²) in [5.41, 5.74) is 7.69. The third-order valence-corrected chi connectivity index (χ3v) is 8.47. The number of nitrogens with zero attached hydrogens (tertiary/aromatic N) is 2. The Hall–Kier alpha value is -4.03. The normalized spacial score (nSPS) is 11.6. The average Bonchev–Trinajstić information content (AvgIpc) is 2.87. The van der Waals surface area contributed by atoms with Crippen molar-refractivity contribution in [2.45, 2.75) is 26.2 Å². The van der Waals surface area contributed by atoms with Crippen LogP contribution >= 0.6 is 0 Å². The summed E-state index contributed by atoms with van der Waals surface area (Å²) in [4.78, 5) is 41.6. The van der Waals surface area contributed by atoms with Crippen LogP contribution in [-0.2, 0) is 12.5 Å². The Balaban J connectivity index is 1.64. The molecule has 1 aromatic heterocycles. The molecular formula is C29H28AsFN4O3. The van der Waals surface area contributed by atoms with Crippen molar-refractivity contribution in [3.8, 4) is 11.3 Å². The second-order valence-corrected chi connectivity index (χ2v) is 12.5. The number of aromatic nitrogens is 2. The number of carbonyl (C=O) groups is 2. The molecule has 0 saturated heterocycles. The molecule has 0 fully saturated rings. The molecule has 4 rings (SSSR count). The van der Waals surface area contributed by atoms with E-state index in [0.717, 1.165) is 5.56 Å². The van der Waals surface area contributed by atoms with Gasteiger partial charge in [-0.05, 0) is 0 Å². The van der Waals surface area contributed by atoms with Crippen molar-refractivity contribution in [3.05, 3.63) is 106 Å². The molecule has 38 heavy (non-hydrogen) atoms. The number of aryl methyl sites for hydroxylation is 1. The predicted molar refractivity (Wildman–Crippen MR) is 149 cm³/mol. The first-order valence-corrected chi connectivity index (χ1v) is 14.0. The van der Waals surface area contributed by atoms with E-state index in [-0.39, 0.29) is 32.6 Å². The van der Waals surface area contributed by atoms with Crippen LogP contribution in [0.15, 0.2) is 77.7 Å². The number of hydrogen-bond acceptors (Lipinski definition) is 5. The minimum atomic E-state index is -1.49. The van der Waals surface area contributed by atoms with Gasteiger partial charge in [0, 0.05) is 0 Å². The van der Waals surface area contributed by atoms with E-state index in [1.54, 1.807) is 55.6 Å². The van der Waals surface area contributed by atoms with Crippen LogP contribution in [0.4, 0.5) is 15.9 Å². The van der Waals surface area contributed by atoms with Crippen molar-refractivity contribution >= 4 is 42.1 Å². The van der Waals surface area contributed by atoms with Crippen molar-refractivity contribution in [1.82, 2.24) is 9.55 Å². The second kappa shape index (κ2) is 10.8. The molecule has 7 nitrogen and oxygen atoms in total. The molecule has 0 aliphatic carbocycles. The van der Waals surface area contributed by atoms with Crippen LogP contribution < -0.4 is 21.0 Å². The number of primary amides is 1. The fourth-order valence-electron chi connectivity index (χ4n) is 3.85. The summed E-state index contributed by atoms with van der Waals surface area (Å²) in [6.45, 7) is 6.31. The number of carbonyl (C=O) groups excluding carboxylic acids is 2. The van der Waals surface area contributed by atoms with Gasteiger partial charge in [0.25, 0.3) is 0 Å². The first-order chi connectivity index (χ1) is 17.9. The van der Waals surface area contributed by atoms with Crippen molar-refractivity contribution in [1.29, 1.82) is 0 Å². The molecule has 0 saturated carbocycles. The van der Waals surface area contributed by atoms with Gasteiger partial charge in [-0.2, -0.15) is 0 Å². The Labute approximate surface area is 226 Å². The Morgan fingerprint density at radius 2 is 1.68 bits per heavy atom. The van der Waals surface area contributed by atoms with Crippen molar-refractivity contribution in [3.63, 3.8) is 0 Å². The summed E-state index contributed by atoms with van der Waals surface area (Å²) in [6, 6.07) is 18.7. The van der Waals surface area contributed by atoms with Crippen LogP contribution in [0, 0.1) is 5.82 Å². The van der Waals surface area contributed by atoms with Gasteiger partial charge in [-0.15, -0.1) is 0 Å². The van der Waals surface area contributed by atoms with Crippen LogP contribution in [0.25, 0.3) is 11.3 Å². The monoisotopic (exact) mass is 574 g/mol. The first kappa shape index (κ1) is 27.0. The summed E-state index contributed by atoms with van der Waals surface area (Å²) in [7, 11) is 1.54. The van der Waals surface area contributed by atoms with E-state index in [9.17, 15) is 14.4 Å². The zero-order valence-electron chi connectivity index (χ0n) is 21.5. The quantitative estimate of drug-likeness (QED) is 0.328. The van der Waals surface area contributed by atoms with E-state index in [1.165, 1.54) is 16.8 Å². The zero-order chi connectivity index (χ0) is 27.6. The molecule has 9 heteroatoms. The molecule has 194 valence electrons. The molecular weight excluding hydrogens is 546 g/mol. The summed E-state index contributed by atoms with van der Waals surface area (Å²) < 4.78 is 17.2. The summed E-state index contributed by atoms with van der Waals surface area (Å²) >= 11 is -1.49. The van der Waals surface area contributed by atoms with E-state index in [4.69, 9.17) is 5.73 Å². The summed E-state index contributed by atoms with van der Waals surface area (Å²) in [6.07, 6.45) is 1.45. The van der Waals surface area contributed by atoms with Gasteiger partial charge >= 0.3 is 227 Å². The molecule has 1 heterocycles. The number of hydrogen-bond donors (Lipinski definition) is 2. The Kier molecular flexibility index (Phi) is 7.65.